The molecule has 3 heterocycles. The van der Waals surface area contributed by atoms with Crippen LogP contribution in [0.15, 0.2) is 53.4 Å². The highest BCUT2D eigenvalue weighted by molar-refractivity contribution is 7.90. The summed E-state index contributed by atoms with van der Waals surface area (Å²) in [6.07, 6.45) is 2.63. The van der Waals surface area contributed by atoms with E-state index in [0.29, 0.717) is 17.5 Å². The summed E-state index contributed by atoms with van der Waals surface area (Å²) in [6.45, 7) is 0.934. The van der Waals surface area contributed by atoms with Crippen LogP contribution in [-0.2, 0) is 16.4 Å². The molecule has 1 N–H and O–H groups in total. The van der Waals surface area contributed by atoms with E-state index < -0.39 is 16.0 Å². The highest BCUT2D eigenvalue weighted by Gasteiger charge is 2.26. The Morgan fingerprint density at radius 1 is 1.20 bits per heavy atom. The lowest BCUT2D eigenvalue weighted by Crippen LogP contribution is -2.26. The van der Waals surface area contributed by atoms with E-state index in [1.807, 2.05) is 0 Å². The van der Waals surface area contributed by atoms with Gasteiger partial charge in [0.15, 0.2) is 5.65 Å². The van der Waals surface area contributed by atoms with Crippen molar-refractivity contribution in [2.24, 2.45) is 0 Å². The highest BCUT2D eigenvalue weighted by atomic mass is 32.2. The smallest absolute Gasteiger partial charge is 0.269 e. The lowest BCUT2D eigenvalue weighted by atomic mass is 10.1. The SMILES string of the molecule is O=S(=O)(c1ccccc1)n1c(C[C@@H]2CCCN2)cc2ccc(F)nc21. The molecule has 1 aliphatic rings. The second-order valence-corrected chi connectivity index (χ2v) is 8.05. The van der Waals surface area contributed by atoms with E-state index in [0.717, 1.165) is 19.4 Å². The molecule has 25 heavy (non-hydrogen) atoms. The van der Waals surface area contributed by atoms with Crippen molar-refractivity contribution >= 4 is 21.1 Å². The van der Waals surface area contributed by atoms with Gasteiger partial charge < -0.3 is 5.32 Å². The summed E-state index contributed by atoms with van der Waals surface area (Å²) in [5, 5.41) is 4.00. The van der Waals surface area contributed by atoms with Gasteiger partial charge in [-0.05, 0) is 49.7 Å². The number of rotatable bonds is 4. The molecule has 7 heteroatoms. The fourth-order valence-electron chi connectivity index (χ4n) is 3.38. The molecule has 0 bridgehead atoms. The van der Waals surface area contributed by atoms with E-state index in [9.17, 15) is 12.8 Å². The molecule has 0 radical (unpaired) electrons. The molecule has 0 saturated carbocycles. The molecule has 1 aromatic carbocycles. The van der Waals surface area contributed by atoms with E-state index in [-0.39, 0.29) is 16.6 Å². The maximum Gasteiger partial charge on any atom is 0.269 e. The number of aromatic nitrogens is 2. The van der Waals surface area contributed by atoms with E-state index >= 15 is 0 Å². The second kappa shape index (κ2) is 6.24. The van der Waals surface area contributed by atoms with Crippen LogP contribution in [0.2, 0.25) is 0 Å². The Kier molecular flexibility index (Phi) is 4.05. The van der Waals surface area contributed by atoms with Gasteiger partial charge in [0.05, 0.1) is 4.90 Å². The van der Waals surface area contributed by atoms with Crippen LogP contribution in [-0.4, -0.2) is 30.0 Å². The maximum atomic E-state index is 13.7. The predicted octanol–water partition coefficient (Wildman–Crippen LogP) is 2.71. The number of nitrogens with zero attached hydrogens (tertiary/aromatic N) is 2. The molecular formula is C18H18FN3O2S. The molecule has 1 fully saturated rings. The molecule has 130 valence electrons. The van der Waals surface area contributed by atoms with Gasteiger partial charge in [-0.2, -0.15) is 4.39 Å². The summed E-state index contributed by atoms with van der Waals surface area (Å²) in [5.41, 5.74) is 0.758. The Labute approximate surface area is 145 Å². The lowest BCUT2D eigenvalue weighted by molar-refractivity contribution is 0.569. The minimum atomic E-state index is -3.85. The summed E-state index contributed by atoms with van der Waals surface area (Å²) in [4.78, 5) is 4.03. The van der Waals surface area contributed by atoms with Crippen LogP contribution in [0.25, 0.3) is 11.0 Å². The third-order valence-corrected chi connectivity index (χ3v) is 6.30. The van der Waals surface area contributed by atoms with Crippen LogP contribution in [0.3, 0.4) is 0 Å². The van der Waals surface area contributed by atoms with Gasteiger partial charge in [0.2, 0.25) is 5.95 Å². The molecule has 3 aromatic rings. The Morgan fingerprint density at radius 2 is 2.00 bits per heavy atom. The summed E-state index contributed by atoms with van der Waals surface area (Å²) >= 11 is 0. The van der Waals surface area contributed by atoms with Crippen LogP contribution in [0.5, 0.6) is 0 Å². The standard InChI is InChI=1S/C18H18FN3O2S/c19-17-9-8-13-11-15(12-14-5-4-10-20-14)22(18(13)21-17)25(23,24)16-6-2-1-3-7-16/h1-3,6-9,11,14,20H,4-5,10,12H2/t14-/m0/s1. The quantitative estimate of drug-likeness (QED) is 0.728. The number of pyridine rings is 1. The van der Waals surface area contributed by atoms with Crippen LogP contribution in [0.4, 0.5) is 4.39 Å². The molecule has 4 rings (SSSR count). The fraction of sp³-hybridized carbons (Fsp3) is 0.278. The summed E-state index contributed by atoms with van der Waals surface area (Å²) in [5.74, 6) is -0.694. The van der Waals surface area contributed by atoms with Crippen LogP contribution in [0.1, 0.15) is 18.5 Å². The average Bonchev–Trinajstić information content (AvgIpc) is 3.23. The van der Waals surface area contributed by atoms with Crippen LogP contribution < -0.4 is 5.32 Å². The first-order chi connectivity index (χ1) is 12.1. The Morgan fingerprint density at radius 3 is 2.72 bits per heavy atom. The number of benzene rings is 1. The first kappa shape index (κ1) is 16.2. The largest absolute Gasteiger partial charge is 0.314 e. The monoisotopic (exact) mass is 359 g/mol. The minimum absolute atomic E-state index is 0.136. The van der Waals surface area contributed by atoms with Crippen molar-refractivity contribution in [3.8, 4) is 0 Å². The Hall–Kier alpha value is -2.25. The van der Waals surface area contributed by atoms with E-state index in [4.69, 9.17) is 0 Å². The molecular weight excluding hydrogens is 341 g/mol. The van der Waals surface area contributed by atoms with Crippen molar-refractivity contribution in [1.82, 2.24) is 14.3 Å². The van der Waals surface area contributed by atoms with Gasteiger partial charge >= 0.3 is 0 Å². The zero-order valence-corrected chi connectivity index (χ0v) is 14.3. The molecule has 1 aliphatic heterocycles. The third-order valence-electron chi connectivity index (χ3n) is 4.55. The van der Waals surface area contributed by atoms with Crippen molar-refractivity contribution in [1.29, 1.82) is 0 Å². The highest BCUT2D eigenvalue weighted by Crippen LogP contribution is 2.26. The molecule has 0 aliphatic carbocycles. The number of hydrogen-bond acceptors (Lipinski definition) is 4. The minimum Gasteiger partial charge on any atom is -0.314 e. The normalized spacial score (nSPS) is 18.0. The average molecular weight is 359 g/mol. The lowest BCUT2D eigenvalue weighted by Gasteiger charge is -2.14. The zero-order chi connectivity index (χ0) is 17.4. The fourth-order valence-corrected chi connectivity index (χ4v) is 4.90. The van der Waals surface area contributed by atoms with Crippen molar-refractivity contribution in [2.45, 2.75) is 30.2 Å². The van der Waals surface area contributed by atoms with Gasteiger partial charge in [0.25, 0.3) is 10.0 Å². The van der Waals surface area contributed by atoms with E-state index in [1.165, 1.54) is 22.2 Å². The van der Waals surface area contributed by atoms with Gasteiger partial charge in [-0.1, -0.05) is 18.2 Å². The van der Waals surface area contributed by atoms with Gasteiger partial charge in [-0.3, -0.25) is 0 Å². The van der Waals surface area contributed by atoms with E-state index in [2.05, 4.69) is 10.3 Å². The summed E-state index contributed by atoms with van der Waals surface area (Å²) in [7, 11) is -3.85. The first-order valence-electron chi connectivity index (χ1n) is 8.26. The topological polar surface area (TPSA) is 64.0 Å². The van der Waals surface area contributed by atoms with Crippen LogP contribution >= 0.6 is 0 Å². The molecule has 1 saturated heterocycles. The first-order valence-corrected chi connectivity index (χ1v) is 9.70. The van der Waals surface area contributed by atoms with Gasteiger partial charge in [-0.25, -0.2) is 17.4 Å². The van der Waals surface area contributed by atoms with E-state index in [1.54, 1.807) is 30.3 Å². The van der Waals surface area contributed by atoms with Crippen molar-refractivity contribution < 1.29 is 12.8 Å². The molecule has 1 atom stereocenters. The van der Waals surface area contributed by atoms with Gasteiger partial charge in [-0.15, -0.1) is 0 Å². The molecule has 5 nitrogen and oxygen atoms in total. The molecule has 0 amide bonds. The predicted molar refractivity (Wildman–Crippen MR) is 93.4 cm³/mol. The Bertz CT molecular complexity index is 1010. The number of halogens is 1. The molecule has 0 unspecified atom stereocenters. The Balaban J connectivity index is 1.91. The number of hydrogen-bond donors (Lipinski definition) is 1. The second-order valence-electron chi connectivity index (χ2n) is 6.26. The van der Waals surface area contributed by atoms with Crippen molar-refractivity contribution in [3.05, 3.63) is 60.2 Å². The number of nitrogens with one attached hydrogen (secondary N) is 1. The molecule has 2 aromatic heterocycles. The molecule has 0 spiro atoms. The zero-order valence-electron chi connectivity index (χ0n) is 13.5. The van der Waals surface area contributed by atoms with Gasteiger partial charge in [0, 0.05) is 23.5 Å². The van der Waals surface area contributed by atoms with Crippen molar-refractivity contribution in [3.63, 3.8) is 0 Å². The van der Waals surface area contributed by atoms with Crippen molar-refractivity contribution in [2.75, 3.05) is 6.54 Å². The van der Waals surface area contributed by atoms with Gasteiger partial charge in [0.1, 0.15) is 0 Å². The maximum absolute atomic E-state index is 13.7. The third kappa shape index (κ3) is 2.94. The summed E-state index contributed by atoms with van der Waals surface area (Å²) < 4.78 is 41.3. The summed E-state index contributed by atoms with van der Waals surface area (Å²) in [6, 6.07) is 13.0. The number of fused-ring (bicyclic) bond motifs is 1. The van der Waals surface area contributed by atoms with Crippen LogP contribution in [0, 0.1) is 5.95 Å².